The van der Waals surface area contributed by atoms with Gasteiger partial charge < -0.3 is 10.4 Å². The largest absolute Gasteiger partial charge is 0.481 e. The van der Waals surface area contributed by atoms with Crippen LogP contribution in [0.2, 0.25) is 0 Å². The number of benzene rings is 1. The van der Waals surface area contributed by atoms with Crippen LogP contribution in [0.3, 0.4) is 0 Å². The van der Waals surface area contributed by atoms with Crippen molar-refractivity contribution in [3.8, 4) is 10.6 Å². The SMILES string of the molecule is Cc1nc(-c2ccc(F)cc2)sc1C(=O)NCCCC(=O)O. The van der Waals surface area contributed by atoms with Crippen LogP contribution in [-0.4, -0.2) is 28.5 Å². The van der Waals surface area contributed by atoms with Gasteiger partial charge >= 0.3 is 5.97 Å². The first kappa shape index (κ1) is 16.1. The average Bonchev–Trinajstić information content (AvgIpc) is 2.86. The number of halogens is 1. The molecule has 0 radical (unpaired) electrons. The smallest absolute Gasteiger partial charge is 0.303 e. The molecule has 1 aromatic carbocycles. The molecule has 0 aliphatic rings. The van der Waals surface area contributed by atoms with Crippen LogP contribution >= 0.6 is 11.3 Å². The number of hydrogen-bond acceptors (Lipinski definition) is 4. The zero-order valence-corrected chi connectivity index (χ0v) is 12.7. The van der Waals surface area contributed by atoms with Crippen molar-refractivity contribution in [1.82, 2.24) is 10.3 Å². The number of aromatic nitrogens is 1. The van der Waals surface area contributed by atoms with Gasteiger partial charge in [-0.2, -0.15) is 0 Å². The lowest BCUT2D eigenvalue weighted by Crippen LogP contribution is -2.24. The number of carboxylic acid groups (broad SMARTS) is 1. The average molecular weight is 322 g/mol. The molecule has 0 bridgehead atoms. The number of aryl methyl sites for hydroxylation is 1. The first-order chi connectivity index (χ1) is 10.5. The van der Waals surface area contributed by atoms with E-state index >= 15 is 0 Å². The van der Waals surface area contributed by atoms with Gasteiger partial charge in [-0.05, 0) is 37.6 Å². The fourth-order valence-electron chi connectivity index (χ4n) is 1.84. The summed E-state index contributed by atoms with van der Waals surface area (Å²) in [5.74, 6) is -1.48. The highest BCUT2D eigenvalue weighted by Crippen LogP contribution is 2.27. The molecule has 0 aliphatic heterocycles. The Hall–Kier alpha value is -2.28. The van der Waals surface area contributed by atoms with Crippen LogP contribution < -0.4 is 5.32 Å². The summed E-state index contributed by atoms with van der Waals surface area (Å²) in [6, 6.07) is 5.92. The molecular formula is C15H15FN2O3S. The predicted molar refractivity (Wildman–Crippen MR) is 81.4 cm³/mol. The Kier molecular flexibility index (Phi) is 5.21. The Morgan fingerprint density at radius 1 is 1.32 bits per heavy atom. The van der Waals surface area contributed by atoms with Crippen molar-refractivity contribution in [2.24, 2.45) is 0 Å². The number of nitrogens with zero attached hydrogens (tertiary/aromatic N) is 1. The number of hydrogen-bond donors (Lipinski definition) is 2. The maximum Gasteiger partial charge on any atom is 0.303 e. The fourth-order valence-corrected chi connectivity index (χ4v) is 2.83. The third-order valence-electron chi connectivity index (χ3n) is 2.95. The molecule has 0 spiro atoms. The van der Waals surface area contributed by atoms with Gasteiger partial charge in [0.05, 0.1) is 5.69 Å². The van der Waals surface area contributed by atoms with Gasteiger partial charge in [-0.25, -0.2) is 9.37 Å². The summed E-state index contributed by atoms with van der Waals surface area (Å²) >= 11 is 1.23. The molecule has 0 aliphatic carbocycles. The molecular weight excluding hydrogens is 307 g/mol. The summed E-state index contributed by atoms with van der Waals surface area (Å²) in [6.45, 7) is 2.03. The molecule has 116 valence electrons. The minimum atomic E-state index is -0.887. The molecule has 0 unspecified atom stereocenters. The normalized spacial score (nSPS) is 10.5. The Bertz CT molecular complexity index is 683. The van der Waals surface area contributed by atoms with Crippen molar-refractivity contribution in [3.05, 3.63) is 40.7 Å². The predicted octanol–water partition coefficient (Wildman–Crippen LogP) is 2.85. The van der Waals surface area contributed by atoms with Crippen molar-refractivity contribution < 1.29 is 19.1 Å². The highest BCUT2D eigenvalue weighted by atomic mass is 32.1. The molecule has 7 heteroatoms. The third-order valence-corrected chi connectivity index (χ3v) is 4.15. The number of carboxylic acids is 1. The van der Waals surface area contributed by atoms with Crippen molar-refractivity contribution in [1.29, 1.82) is 0 Å². The summed E-state index contributed by atoms with van der Waals surface area (Å²) in [5, 5.41) is 11.9. The van der Waals surface area contributed by atoms with E-state index in [9.17, 15) is 14.0 Å². The highest BCUT2D eigenvalue weighted by Gasteiger charge is 2.16. The highest BCUT2D eigenvalue weighted by molar-refractivity contribution is 7.17. The number of nitrogens with one attached hydrogen (secondary N) is 1. The van der Waals surface area contributed by atoms with E-state index < -0.39 is 5.97 Å². The van der Waals surface area contributed by atoms with Crippen LogP contribution in [0.15, 0.2) is 24.3 Å². The van der Waals surface area contributed by atoms with Crippen molar-refractivity contribution >= 4 is 23.2 Å². The van der Waals surface area contributed by atoms with Gasteiger partial charge in [0.25, 0.3) is 5.91 Å². The first-order valence-electron chi connectivity index (χ1n) is 6.70. The zero-order chi connectivity index (χ0) is 16.1. The Balaban J connectivity index is 2.04. The van der Waals surface area contributed by atoms with E-state index in [1.165, 1.54) is 23.5 Å². The van der Waals surface area contributed by atoms with Crippen molar-refractivity contribution in [2.45, 2.75) is 19.8 Å². The molecule has 1 aromatic heterocycles. The van der Waals surface area contributed by atoms with E-state index in [4.69, 9.17) is 5.11 Å². The van der Waals surface area contributed by atoms with Crippen molar-refractivity contribution in [3.63, 3.8) is 0 Å². The van der Waals surface area contributed by atoms with Crippen LogP contribution in [0.1, 0.15) is 28.2 Å². The molecule has 5 nitrogen and oxygen atoms in total. The van der Waals surface area contributed by atoms with E-state index in [-0.39, 0.29) is 18.1 Å². The Labute approximate surface area is 130 Å². The summed E-state index contributed by atoms with van der Waals surface area (Å²) in [7, 11) is 0. The minimum Gasteiger partial charge on any atom is -0.481 e. The number of carbonyl (C=O) groups excluding carboxylic acids is 1. The molecule has 0 fully saturated rings. The molecule has 0 saturated heterocycles. The molecule has 1 heterocycles. The molecule has 2 N–H and O–H groups in total. The molecule has 2 rings (SSSR count). The number of thiazole rings is 1. The van der Waals surface area contributed by atoms with Gasteiger partial charge in [0.15, 0.2) is 0 Å². The second-order valence-electron chi connectivity index (χ2n) is 4.69. The second kappa shape index (κ2) is 7.13. The van der Waals surface area contributed by atoms with Gasteiger partial charge in [0.2, 0.25) is 0 Å². The lowest BCUT2D eigenvalue weighted by Gasteiger charge is -2.02. The maximum atomic E-state index is 12.9. The Morgan fingerprint density at radius 2 is 2.00 bits per heavy atom. The van der Waals surface area contributed by atoms with Crippen LogP contribution in [-0.2, 0) is 4.79 Å². The molecule has 22 heavy (non-hydrogen) atoms. The van der Waals surface area contributed by atoms with E-state index in [0.29, 0.717) is 28.5 Å². The van der Waals surface area contributed by atoms with E-state index in [2.05, 4.69) is 10.3 Å². The number of aliphatic carboxylic acids is 1. The van der Waals surface area contributed by atoms with Gasteiger partial charge in [-0.1, -0.05) is 0 Å². The summed E-state index contributed by atoms with van der Waals surface area (Å²) in [5.41, 5.74) is 1.35. The van der Waals surface area contributed by atoms with E-state index in [1.54, 1.807) is 19.1 Å². The summed E-state index contributed by atoms with van der Waals surface area (Å²) < 4.78 is 12.9. The molecule has 0 saturated carbocycles. The molecule has 0 atom stereocenters. The lowest BCUT2D eigenvalue weighted by molar-refractivity contribution is -0.137. The summed E-state index contributed by atoms with van der Waals surface area (Å²) in [6.07, 6.45) is 0.395. The van der Waals surface area contributed by atoms with E-state index in [1.807, 2.05) is 0 Å². The zero-order valence-electron chi connectivity index (χ0n) is 11.9. The molecule has 2 aromatic rings. The summed E-state index contributed by atoms with van der Waals surface area (Å²) in [4.78, 5) is 27.3. The van der Waals surface area contributed by atoms with E-state index in [0.717, 1.165) is 5.56 Å². The molecule has 1 amide bonds. The number of carbonyl (C=O) groups is 2. The standard InChI is InChI=1S/C15H15FN2O3S/c1-9-13(14(21)17-8-2-3-12(19)20)22-15(18-9)10-4-6-11(16)7-5-10/h4-7H,2-3,8H2,1H3,(H,17,21)(H,19,20). The number of amides is 1. The minimum absolute atomic E-state index is 0.0166. The topological polar surface area (TPSA) is 79.3 Å². The van der Waals surface area contributed by atoms with Gasteiger partial charge in [-0.3, -0.25) is 9.59 Å². The van der Waals surface area contributed by atoms with Crippen LogP contribution in [0, 0.1) is 12.7 Å². The second-order valence-corrected chi connectivity index (χ2v) is 5.69. The Morgan fingerprint density at radius 3 is 2.64 bits per heavy atom. The maximum absolute atomic E-state index is 12.9. The van der Waals surface area contributed by atoms with Gasteiger partial charge in [0.1, 0.15) is 15.7 Å². The quantitative estimate of drug-likeness (QED) is 0.802. The first-order valence-corrected chi connectivity index (χ1v) is 7.52. The van der Waals surface area contributed by atoms with Crippen LogP contribution in [0.25, 0.3) is 10.6 Å². The fraction of sp³-hybridized carbons (Fsp3) is 0.267. The van der Waals surface area contributed by atoms with Crippen LogP contribution in [0.5, 0.6) is 0 Å². The number of rotatable bonds is 6. The third kappa shape index (κ3) is 4.11. The van der Waals surface area contributed by atoms with Gasteiger partial charge in [0, 0.05) is 18.5 Å². The van der Waals surface area contributed by atoms with Gasteiger partial charge in [-0.15, -0.1) is 11.3 Å². The van der Waals surface area contributed by atoms with Crippen molar-refractivity contribution in [2.75, 3.05) is 6.54 Å². The lowest BCUT2D eigenvalue weighted by atomic mass is 10.2. The van der Waals surface area contributed by atoms with Crippen LogP contribution in [0.4, 0.5) is 4.39 Å². The monoisotopic (exact) mass is 322 g/mol.